The standard InChI is InChI=1S/C18H21N/c1-16(18-10-6-3-7-11-18)12-14-19-15-13-17-8-4-2-5-9-17/h2-11,19H,1,12-15H2. The van der Waals surface area contributed by atoms with Gasteiger partial charge in [-0.15, -0.1) is 0 Å². The predicted molar refractivity (Wildman–Crippen MR) is 83.1 cm³/mol. The van der Waals surface area contributed by atoms with Crippen molar-refractivity contribution in [3.05, 3.63) is 78.4 Å². The van der Waals surface area contributed by atoms with Gasteiger partial charge in [-0.05, 0) is 42.6 Å². The van der Waals surface area contributed by atoms with Crippen molar-refractivity contribution in [2.75, 3.05) is 13.1 Å². The average molecular weight is 251 g/mol. The zero-order valence-corrected chi connectivity index (χ0v) is 11.3. The Balaban J connectivity index is 1.63. The largest absolute Gasteiger partial charge is 0.316 e. The molecule has 0 fully saturated rings. The fraction of sp³-hybridized carbons (Fsp3) is 0.222. The SMILES string of the molecule is C=C(CCNCCc1ccccc1)c1ccccc1. The van der Waals surface area contributed by atoms with E-state index >= 15 is 0 Å². The third-order valence-electron chi connectivity index (χ3n) is 3.22. The first-order valence-electron chi connectivity index (χ1n) is 6.84. The molecule has 0 aliphatic carbocycles. The van der Waals surface area contributed by atoms with Crippen LogP contribution in [0.4, 0.5) is 0 Å². The zero-order chi connectivity index (χ0) is 13.3. The lowest BCUT2D eigenvalue weighted by Crippen LogP contribution is -2.18. The van der Waals surface area contributed by atoms with Gasteiger partial charge in [0.05, 0.1) is 0 Å². The highest BCUT2D eigenvalue weighted by atomic mass is 14.8. The lowest BCUT2D eigenvalue weighted by molar-refractivity contribution is 0.693. The summed E-state index contributed by atoms with van der Waals surface area (Å²) < 4.78 is 0. The van der Waals surface area contributed by atoms with E-state index in [1.807, 2.05) is 6.07 Å². The Labute approximate surface area is 116 Å². The Morgan fingerprint density at radius 1 is 0.842 bits per heavy atom. The van der Waals surface area contributed by atoms with Crippen LogP contribution in [0.15, 0.2) is 67.2 Å². The maximum absolute atomic E-state index is 4.14. The van der Waals surface area contributed by atoms with Gasteiger partial charge in [0.25, 0.3) is 0 Å². The summed E-state index contributed by atoms with van der Waals surface area (Å²) in [6, 6.07) is 21.0. The fourth-order valence-electron chi connectivity index (χ4n) is 2.06. The number of benzene rings is 2. The molecule has 0 amide bonds. The molecule has 2 aromatic carbocycles. The van der Waals surface area contributed by atoms with Crippen molar-refractivity contribution in [3.8, 4) is 0 Å². The van der Waals surface area contributed by atoms with Crippen LogP contribution in [0.3, 0.4) is 0 Å². The highest BCUT2D eigenvalue weighted by Gasteiger charge is 1.97. The maximum atomic E-state index is 4.14. The monoisotopic (exact) mass is 251 g/mol. The summed E-state index contributed by atoms with van der Waals surface area (Å²) in [6.45, 7) is 6.15. The first-order chi connectivity index (χ1) is 9.36. The molecular formula is C18H21N. The van der Waals surface area contributed by atoms with Crippen LogP contribution in [0.5, 0.6) is 0 Å². The van der Waals surface area contributed by atoms with Crippen LogP contribution in [0.2, 0.25) is 0 Å². The molecule has 2 rings (SSSR count). The lowest BCUT2D eigenvalue weighted by Gasteiger charge is -2.07. The summed E-state index contributed by atoms with van der Waals surface area (Å²) >= 11 is 0. The molecule has 1 heteroatoms. The van der Waals surface area contributed by atoms with Gasteiger partial charge in [-0.3, -0.25) is 0 Å². The van der Waals surface area contributed by atoms with Crippen LogP contribution in [-0.2, 0) is 6.42 Å². The van der Waals surface area contributed by atoms with Crippen LogP contribution in [-0.4, -0.2) is 13.1 Å². The second-order valence-electron chi connectivity index (χ2n) is 4.71. The van der Waals surface area contributed by atoms with Gasteiger partial charge >= 0.3 is 0 Å². The topological polar surface area (TPSA) is 12.0 Å². The second kappa shape index (κ2) is 7.55. The van der Waals surface area contributed by atoms with Crippen molar-refractivity contribution in [2.24, 2.45) is 0 Å². The molecule has 0 spiro atoms. The molecule has 0 aliphatic heterocycles. The van der Waals surface area contributed by atoms with Crippen LogP contribution in [0.25, 0.3) is 5.57 Å². The summed E-state index contributed by atoms with van der Waals surface area (Å²) in [5.74, 6) is 0. The number of hydrogen-bond acceptors (Lipinski definition) is 1. The van der Waals surface area contributed by atoms with Crippen LogP contribution < -0.4 is 5.32 Å². The van der Waals surface area contributed by atoms with Crippen molar-refractivity contribution in [2.45, 2.75) is 12.8 Å². The van der Waals surface area contributed by atoms with E-state index in [0.29, 0.717) is 0 Å². The number of hydrogen-bond donors (Lipinski definition) is 1. The molecule has 0 unspecified atom stereocenters. The first kappa shape index (κ1) is 13.6. The molecule has 0 aliphatic rings. The summed E-state index contributed by atoms with van der Waals surface area (Å²) in [5, 5.41) is 3.47. The summed E-state index contributed by atoms with van der Waals surface area (Å²) in [6.07, 6.45) is 2.08. The molecule has 98 valence electrons. The van der Waals surface area contributed by atoms with E-state index in [2.05, 4.69) is 66.5 Å². The highest BCUT2D eigenvalue weighted by molar-refractivity contribution is 5.63. The van der Waals surface area contributed by atoms with Gasteiger partial charge in [0.2, 0.25) is 0 Å². The van der Waals surface area contributed by atoms with Gasteiger partial charge in [-0.25, -0.2) is 0 Å². The molecule has 0 bridgehead atoms. The molecule has 0 heterocycles. The summed E-state index contributed by atoms with van der Waals surface area (Å²) in [5.41, 5.74) is 3.83. The lowest BCUT2D eigenvalue weighted by atomic mass is 10.1. The van der Waals surface area contributed by atoms with E-state index in [0.717, 1.165) is 25.9 Å². The number of rotatable bonds is 7. The molecule has 0 saturated carbocycles. The normalized spacial score (nSPS) is 10.3. The molecule has 1 nitrogen and oxygen atoms in total. The van der Waals surface area contributed by atoms with Crippen molar-refractivity contribution in [3.63, 3.8) is 0 Å². The minimum absolute atomic E-state index is 0.987. The second-order valence-corrected chi connectivity index (χ2v) is 4.71. The molecule has 0 saturated heterocycles. The van der Waals surface area contributed by atoms with E-state index in [-0.39, 0.29) is 0 Å². The van der Waals surface area contributed by atoms with Crippen molar-refractivity contribution < 1.29 is 0 Å². The molecule has 0 atom stereocenters. The summed E-state index contributed by atoms with van der Waals surface area (Å²) in [7, 11) is 0. The van der Waals surface area contributed by atoms with Crippen molar-refractivity contribution in [1.82, 2.24) is 5.32 Å². The Morgan fingerprint density at radius 2 is 1.47 bits per heavy atom. The van der Waals surface area contributed by atoms with E-state index in [4.69, 9.17) is 0 Å². The third-order valence-corrected chi connectivity index (χ3v) is 3.22. The average Bonchev–Trinajstić information content (AvgIpc) is 2.49. The van der Waals surface area contributed by atoms with Gasteiger partial charge < -0.3 is 5.32 Å². The predicted octanol–water partition coefficient (Wildman–Crippen LogP) is 3.92. The van der Waals surface area contributed by atoms with Crippen molar-refractivity contribution in [1.29, 1.82) is 0 Å². The van der Waals surface area contributed by atoms with Crippen LogP contribution >= 0.6 is 0 Å². The molecule has 0 aromatic heterocycles. The van der Waals surface area contributed by atoms with Gasteiger partial charge in [-0.2, -0.15) is 0 Å². The smallest absolute Gasteiger partial charge is 0.000822 e. The minimum atomic E-state index is 0.987. The van der Waals surface area contributed by atoms with E-state index in [1.54, 1.807) is 0 Å². The first-order valence-corrected chi connectivity index (χ1v) is 6.84. The van der Waals surface area contributed by atoms with Gasteiger partial charge in [0.1, 0.15) is 0 Å². The van der Waals surface area contributed by atoms with Crippen molar-refractivity contribution >= 4 is 5.57 Å². The minimum Gasteiger partial charge on any atom is -0.316 e. The quantitative estimate of drug-likeness (QED) is 0.735. The molecule has 0 radical (unpaired) electrons. The highest BCUT2D eigenvalue weighted by Crippen LogP contribution is 2.14. The van der Waals surface area contributed by atoms with Gasteiger partial charge in [0, 0.05) is 0 Å². The summed E-state index contributed by atoms with van der Waals surface area (Å²) in [4.78, 5) is 0. The maximum Gasteiger partial charge on any atom is -0.000822 e. The van der Waals surface area contributed by atoms with E-state index in [9.17, 15) is 0 Å². The third kappa shape index (κ3) is 4.72. The van der Waals surface area contributed by atoms with Gasteiger partial charge in [0.15, 0.2) is 0 Å². The molecule has 2 aromatic rings. The Bertz CT molecular complexity index is 488. The van der Waals surface area contributed by atoms with Crippen LogP contribution in [0.1, 0.15) is 17.5 Å². The van der Waals surface area contributed by atoms with Crippen LogP contribution in [0, 0.1) is 0 Å². The fourth-order valence-corrected chi connectivity index (χ4v) is 2.06. The molecule has 19 heavy (non-hydrogen) atoms. The number of nitrogens with one attached hydrogen (secondary N) is 1. The van der Waals surface area contributed by atoms with E-state index < -0.39 is 0 Å². The Morgan fingerprint density at radius 3 is 2.16 bits per heavy atom. The Kier molecular flexibility index (Phi) is 5.39. The van der Waals surface area contributed by atoms with Gasteiger partial charge in [-0.1, -0.05) is 67.2 Å². The molecule has 1 N–H and O–H groups in total. The Hall–Kier alpha value is -1.86. The van der Waals surface area contributed by atoms with E-state index in [1.165, 1.54) is 16.7 Å². The molecular weight excluding hydrogens is 230 g/mol. The zero-order valence-electron chi connectivity index (χ0n) is 11.3.